The maximum Gasteiger partial charge on any atom is 0.149 e. The number of hydrogen-bond acceptors (Lipinski definition) is 1. The van der Waals surface area contributed by atoms with Gasteiger partial charge in [-0.05, 0) is 11.6 Å². The Balaban J connectivity index is 2.63. The molecule has 2 aromatic carbocycles. The van der Waals surface area contributed by atoms with E-state index in [4.69, 9.17) is 5.73 Å². The zero-order chi connectivity index (χ0) is 10.8. The Morgan fingerprint density at radius 3 is 2.27 bits per heavy atom. The molecule has 2 rings (SSSR count). The minimum absolute atomic E-state index is 0.0254. The van der Waals surface area contributed by atoms with Gasteiger partial charge in [-0.3, -0.25) is 0 Å². The molecule has 0 heterocycles. The number of hydrogen-bond donors (Lipinski definition) is 1. The molecule has 0 saturated carbocycles. The van der Waals surface area contributed by atoms with Crippen molar-refractivity contribution in [3.05, 3.63) is 54.1 Å². The van der Waals surface area contributed by atoms with E-state index in [-0.39, 0.29) is 5.69 Å². The highest BCUT2D eigenvalue weighted by molar-refractivity contribution is 5.76. The van der Waals surface area contributed by atoms with Gasteiger partial charge in [-0.15, -0.1) is 0 Å². The van der Waals surface area contributed by atoms with Crippen LogP contribution >= 0.6 is 0 Å². The van der Waals surface area contributed by atoms with E-state index in [2.05, 4.69) is 0 Å². The van der Waals surface area contributed by atoms with Crippen LogP contribution in [0.25, 0.3) is 11.1 Å². The van der Waals surface area contributed by atoms with Gasteiger partial charge in [-0.1, -0.05) is 30.3 Å². The largest absolute Gasteiger partial charge is 0.396 e. The van der Waals surface area contributed by atoms with Crippen molar-refractivity contribution in [2.75, 3.05) is 5.73 Å². The molecule has 0 aromatic heterocycles. The predicted molar refractivity (Wildman–Crippen MR) is 56.2 cm³/mol. The van der Waals surface area contributed by atoms with Crippen LogP contribution in [0.15, 0.2) is 42.5 Å². The van der Waals surface area contributed by atoms with Gasteiger partial charge < -0.3 is 5.73 Å². The van der Waals surface area contributed by atoms with Gasteiger partial charge in [0.15, 0.2) is 0 Å². The quantitative estimate of drug-likeness (QED) is 0.711. The molecule has 0 spiro atoms. The highest BCUT2D eigenvalue weighted by atomic mass is 19.1. The zero-order valence-electron chi connectivity index (χ0n) is 7.87. The molecule has 0 radical (unpaired) electrons. The number of nitrogen functional groups attached to an aromatic ring is 1. The number of rotatable bonds is 1. The van der Waals surface area contributed by atoms with Crippen LogP contribution in [-0.2, 0) is 0 Å². The smallest absolute Gasteiger partial charge is 0.149 e. The second-order valence-electron chi connectivity index (χ2n) is 3.21. The lowest BCUT2D eigenvalue weighted by atomic mass is 10.0. The average molecular weight is 205 g/mol. The molecular weight excluding hydrogens is 196 g/mol. The van der Waals surface area contributed by atoms with Crippen LogP contribution in [-0.4, -0.2) is 0 Å². The minimum atomic E-state index is -0.728. The van der Waals surface area contributed by atoms with E-state index in [1.165, 1.54) is 6.07 Å². The van der Waals surface area contributed by atoms with E-state index in [0.29, 0.717) is 11.1 Å². The molecule has 0 aliphatic carbocycles. The summed E-state index contributed by atoms with van der Waals surface area (Å²) in [4.78, 5) is 0. The third-order valence-corrected chi connectivity index (χ3v) is 2.18. The molecule has 0 saturated heterocycles. The molecule has 2 N–H and O–H groups in total. The summed E-state index contributed by atoms with van der Waals surface area (Å²) in [7, 11) is 0. The molecule has 2 aromatic rings. The molecule has 1 nitrogen and oxygen atoms in total. The van der Waals surface area contributed by atoms with Crippen LogP contribution in [0, 0.1) is 11.6 Å². The average Bonchev–Trinajstić information content (AvgIpc) is 2.24. The normalized spacial score (nSPS) is 10.3. The Hall–Kier alpha value is -1.90. The molecule has 76 valence electrons. The molecule has 0 fully saturated rings. The summed E-state index contributed by atoms with van der Waals surface area (Å²) in [6.45, 7) is 0. The van der Waals surface area contributed by atoms with E-state index in [1.54, 1.807) is 24.3 Å². The fraction of sp³-hybridized carbons (Fsp3) is 0. The predicted octanol–water partition coefficient (Wildman–Crippen LogP) is 3.21. The van der Waals surface area contributed by atoms with Gasteiger partial charge in [0, 0.05) is 11.6 Å². The monoisotopic (exact) mass is 205 g/mol. The minimum Gasteiger partial charge on any atom is -0.396 e. The van der Waals surface area contributed by atoms with Crippen molar-refractivity contribution in [3.8, 4) is 11.1 Å². The van der Waals surface area contributed by atoms with E-state index in [9.17, 15) is 8.78 Å². The summed E-state index contributed by atoms with van der Waals surface area (Å²) in [5.41, 5.74) is 6.60. The van der Waals surface area contributed by atoms with Crippen LogP contribution in [0.5, 0.6) is 0 Å². The van der Waals surface area contributed by atoms with E-state index in [0.717, 1.165) is 6.07 Å². The summed E-state index contributed by atoms with van der Waals surface area (Å²) in [5, 5.41) is 0. The molecule has 3 heteroatoms. The lowest BCUT2D eigenvalue weighted by Gasteiger charge is -2.06. The fourth-order valence-corrected chi connectivity index (χ4v) is 1.44. The summed E-state index contributed by atoms with van der Waals surface area (Å²) in [6.07, 6.45) is 0. The fourth-order valence-electron chi connectivity index (χ4n) is 1.44. The van der Waals surface area contributed by atoms with Gasteiger partial charge in [0.05, 0.1) is 5.69 Å². The number of benzene rings is 2. The molecule has 0 unspecified atom stereocenters. The summed E-state index contributed by atoms with van der Waals surface area (Å²) in [6, 6.07) is 10.9. The standard InChI is InChI=1S/C12H9F2N/c13-9-6-10(12(15)11(14)7-9)8-4-2-1-3-5-8/h1-7H,15H2. The van der Waals surface area contributed by atoms with Crippen LogP contribution in [0.4, 0.5) is 14.5 Å². The van der Waals surface area contributed by atoms with Crippen molar-refractivity contribution >= 4 is 5.69 Å². The SMILES string of the molecule is Nc1c(F)cc(F)cc1-c1ccccc1. The van der Waals surface area contributed by atoms with Gasteiger partial charge in [0.2, 0.25) is 0 Å². The second kappa shape index (κ2) is 3.69. The topological polar surface area (TPSA) is 26.0 Å². The first-order chi connectivity index (χ1) is 7.18. The van der Waals surface area contributed by atoms with Crippen molar-refractivity contribution in [3.63, 3.8) is 0 Å². The van der Waals surface area contributed by atoms with Crippen molar-refractivity contribution in [2.45, 2.75) is 0 Å². The highest BCUT2D eigenvalue weighted by Gasteiger charge is 2.09. The van der Waals surface area contributed by atoms with Gasteiger partial charge in [0.25, 0.3) is 0 Å². The van der Waals surface area contributed by atoms with Gasteiger partial charge in [-0.2, -0.15) is 0 Å². The first-order valence-electron chi connectivity index (χ1n) is 4.48. The molecule has 0 amide bonds. The van der Waals surface area contributed by atoms with Crippen LogP contribution < -0.4 is 5.73 Å². The number of anilines is 1. The van der Waals surface area contributed by atoms with Gasteiger partial charge in [0.1, 0.15) is 11.6 Å². The highest BCUT2D eigenvalue weighted by Crippen LogP contribution is 2.28. The molecule has 0 atom stereocenters. The van der Waals surface area contributed by atoms with E-state index >= 15 is 0 Å². The third-order valence-electron chi connectivity index (χ3n) is 2.18. The van der Waals surface area contributed by atoms with Crippen LogP contribution in [0.1, 0.15) is 0 Å². The van der Waals surface area contributed by atoms with Gasteiger partial charge >= 0.3 is 0 Å². The Bertz CT molecular complexity index is 480. The van der Waals surface area contributed by atoms with Crippen molar-refractivity contribution < 1.29 is 8.78 Å². The van der Waals surface area contributed by atoms with Crippen molar-refractivity contribution in [1.82, 2.24) is 0 Å². The second-order valence-corrected chi connectivity index (χ2v) is 3.21. The lowest BCUT2D eigenvalue weighted by molar-refractivity contribution is 0.587. The number of halogens is 2. The number of nitrogens with two attached hydrogens (primary N) is 1. The Morgan fingerprint density at radius 1 is 0.933 bits per heavy atom. The first kappa shape index (κ1) is 9.65. The Morgan fingerprint density at radius 2 is 1.60 bits per heavy atom. The van der Waals surface area contributed by atoms with E-state index in [1.807, 2.05) is 6.07 Å². The molecule has 0 aliphatic rings. The molecule has 0 aliphatic heterocycles. The molecule has 15 heavy (non-hydrogen) atoms. The van der Waals surface area contributed by atoms with Crippen molar-refractivity contribution in [2.24, 2.45) is 0 Å². The Labute approximate surface area is 86.2 Å². The summed E-state index contributed by atoms with van der Waals surface area (Å²) in [5.74, 6) is -1.35. The maximum atomic E-state index is 13.2. The van der Waals surface area contributed by atoms with Crippen LogP contribution in [0.2, 0.25) is 0 Å². The van der Waals surface area contributed by atoms with Gasteiger partial charge in [-0.25, -0.2) is 8.78 Å². The summed E-state index contributed by atoms with van der Waals surface area (Å²) >= 11 is 0. The Kier molecular flexibility index (Phi) is 2.37. The molecule has 0 bridgehead atoms. The first-order valence-corrected chi connectivity index (χ1v) is 4.48. The third kappa shape index (κ3) is 1.81. The summed E-state index contributed by atoms with van der Waals surface area (Å²) < 4.78 is 26.2. The van der Waals surface area contributed by atoms with Crippen LogP contribution in [0.3, 0.4) is 0 Å². The van der Waals surface area contributed by atoms with E-state index < -0.39 is 11.6 Å². The van der Waals surface area contributed by atoms with Crippen molar-refractivity contribution in [1.29, 1.82) is 0 Å². The lowest BCUT2D eigenvalue weighted by Crippen LogP contribution is -1.95. The zero-order valence-corrected chi connectivity index (χ0v) is 7.87. The molecular formula is C12H9F2N. The maximum absolute atomic E-state index is 13.2.